The van der Waals surface area contributed by atoms with Gasteiger partial charge in [0.05, 0.1) is 54.0 Å². The summed E-state index contributed by atoms with van der Waals surface area (Å²) in [6, 6.07) is 96.1. The maximum atomic E-state index is 12.5. The van der Waals surface area contributed by atoms with E-state index in [0.29, 0.717) is 28.1 Å². The van der Waals surface area contributed by atoms with Crippen LogP contribution in [0, 0.1) is 22.7 Å². The molecule has 4 heterocycles. The fourth-order valence-corrected chi connectivity index (χ4v) is 15.3. The summed E-state index contributed by atoms with van der Waals surface area (Å²) in [5.41, 5.74) is 15.8. The number of benzene rings is 12. The van der Waals surface area contributed by atoms with E-state index in [9.17, 15) is 10.5 Å². The lowest BCUT2D eigenvalue weighted by atomic mass is 9.86. The van der Waals surface area contributed by atoms with Crippen molar-refractivity contribution in [2.24, 2.45) is 0 Å². The molecular weight excluding hydrogens is 1010 g/mol. The molecule has 0 aliphatic heterocycles. The van der Waals surface area contributed by atoms with Crippen molar-refractivity contribution in [1.82, 2.24) is 9.13 Å². The Balaban J connectivity index is 1.23. The molecule has 4 nitrogen and oxygen atoms in total. The van der Waals surface area contributed by atoms with Gasteiger partial charge >= 0.3 is 0 Å². The molecule has 370 valence electrons. The van der Waals surface area contributed by atoms with Crippen LogP contribution in [-0.2, 0) is 0 Å². The number of fused-ring (bicyclic) bond motifs is 14. The molecule has 6 heteroatoms. The number of nitrogens with zero attached hydrogens (tertiary/aromatic N) is 4. The van der Waals surface area contributed by atoms with E-state index >= 15 is 0 Å². The highest BCUT2D eigenvalue weighted by atomic mass is 32.1. The Morgan fingerprint density at radius 3 is 1.20 bits per heavy atom. The minimum absolute atomic E-state index is 0.417. The lowest BCUT2D eigenvalue weighted by molar-refractivity contribution is 1.13. The first-order valence-electron chi connectivity index (χ1n) is 26.8. The number of thiophene rings is 2. The minimum atomic E-state index is 0.417. The Morgan fingerprint density at radius 1 is 0.300 bits per heavy atom. The van der Waals surface area contributed by atoms with Crippen LogP contribution < -0.4 is 0 Å². The van der Waals surface area contributed by atoms with Crippen LogP contribution in [0.25, 0.3) is 151 Å². The lowest BCUT2D eigenvalue weighted by Crippen LogP contribution is -2.11. The van der Waals surface area contributed by atoms with Gasteiger partial charge in [0, 0.05) is 63.6 Å². The van der Waals surface area contributed by atoms with E-state index in [1.807, 2.05) is 36.4 Å². The minimum Gasteiger partial charge on any atom is -0.307 e. The fourth-order valence-electron chi connectivity index (χ4n) is 12.8. The maximum Gasteiger partial charge on any atom is 0.102 e. The zero-order chi connectivity index (χ0) is 53.0. The number of para-hydroxylation sites is 1. The van der Waals surface area contributed by atoms with E-state index in [1.165, 1.54) is 20.2 Å². The topological polar surface area (TPSA) is 57.4 Å². The van der Waals surface area contributed by atoms with E-state index in [2.05, 4.69) is 240 Å². The highest BCUT2D eigenvalue weighted by Gasteiger charge is 2.34. The molecule has 0 aliphatic carbocycles. The number of nitriles is 2. The van der Waals surface area contributed by atoms with E-state index in [4.69, 9.17) is 0 Å². The smallest absolute Gasteiger partial charge is 0.102 e. The highest BCUT2D eigenvalue weighted by molar-refractivity contribution is 7.27. The standard InChI is InChI=1S/C74H42N4S2/c75-43-59-65(48-28-12-4-13-29-48)60(44-76)70(66(49-30-14-5-15-31-49)69(59)77-61-35-19-16-32-51(61)56-40-50(38-39-62(56)77)45-22-6-1-7-23-45)78-71-67(54(46-24-8-2-9-25-46)41-57-52-33-17-20-36-63(52)79-73(57)71)68-55(47-26-10-3-11-27-47)42-58-53-34-18-21-37-64(53)80-74(58)72(68)78/h1-42H. The van der Waals surface area contributed by atoms with Gasteiger partial charge in [-0.05, 0) is 87.0 Å². The molecule has 0 fully saturated rings. The molecule has 0 saturated carbocycles. The zero-order valence-electron chi connectivity index (χ0n) is 42.9. The summed E-state index contributed by atoms with van der Waals surface area (Å²) < 4.78 is 9.40. The zero-order valence-corrected chi connectivity index (χ0v) is 44.5. The van der Waals surface area contributed by atoms with Gasteiger partial charge < -0.3 is 9.13 Å². The normalized spacial score (nSPS) is 11.7. The molecule has 0 spiro atoms. The summed E-state index contributed by atoms with van der Waals surface area (Å²) in [5.74, 6) is 0. The number of aromatic nitrogens is 2. The van der Waals surface area contributed by atoms with Crippen molar-refractivity contribution in [2.75, 3.05) is 0 Å². The number of hydrogen-bond acceptors (Lipinski definition) is 4. The molecule has 16 rings (SSSR count). The molecule has 0 atom stereocenters. The first-order chi connectivity index (χ1) is 39.7. The van der Waals surface area contributed by atoms with E-state index in [1.54, 1.807) is 22.7 Å². The molecule has 0 unspecified atom stereocenters. The third-order valence-electron chi connectivity index (χ3n) is 16.2. The Labute approximate surface area is 468 Å². The van der Waals surface area contributed by atoms with Crippen LogP contribution >= 0.6 is 22.7 Å². The molecule has 0 N–H and O–H groups in total. The van der Waals surface area contributed by atoms with Gasteiger partial charge in [-0.3, -0.25) is 0 Å². The Kier molecular flexibility index (Phi) is 10.4. The summed E-state index contributed by atoms with van der Waals surface area (Å²) in [4.78, 5) is 0. The van der Waals surface area contributed by atoms with Crippen molar-refractivity contribution in [2.45, 2.75) is 0 Å². The highest BCUT2D eigenvalue weighted by Crippen LogP contribution is 2.56. The Hall–Kier alpha value is -10.3. The van der Waals surface area contributed by atoms with Gasteiger partial charge in [0.1, 0.15) is 12.1 Å². The van der Waals surface area contributed by atoms with E-state index < -0.39 is 0 Å². The first-order valence-corrected chi connectivity index (χ1v) is 28.4. The van der Waals surface area contributed by atoms with Crippen molar-refractivity contribution in [3.05, 3.63) is 266 Å². The quantitative estimate of drug-likeness (QED) is 0.160. The SMILES string of the molecule is N#Cc1c(-c2ccccc2)c(C#N)c(-n2c3c4sc5ccccc5c4cc(-c4ccccc4)c3c3c(-c4ccccc4)cc4c5ccccc5sc4c32)c(-c2ccccc2)c1-n1c2ccccc2c2cc(-c3ccccc3)ccc21. The summed E-state index contributed by atoms with van der Waals surface area (Å²) in [5, 5.41) is 33.7. The van der Waals surface area contributed by atoms with Gasteiger partial charge in [-0.2, -0.15) is 10.5 Å². The van der Waals surface area contributed by atoms with Crippen LogP contribution in [-0.4, -0.2) is 9.13 Å². The van der Waals surface area contributed by atoms with Crippen LogP contribution in [0.4, 0.5) is 0 Å². The third kappa shape index (κ3) is 6.71. The first kappa shape index (κ1) is 45.8. The molecule has 0 aliphatic rings. The third-order valence-corrected chi connectivity index (χ3v) is 18.6. The van der Waals surface area contributed by atoms with Crippen LogP contribution in [0.15, 0.2) is 255 Å². The molecule has 4 aromatic heterocycles. The molecule has 16 aromatic rings. The molecule has 12 aromatic carbocycles. The second-order valence-corrected chi connectivity index (χ2v) is 22.5. The lowest BCUT2D eigenvalue weighted by Gasteiger charge is -2.26. The molecule has 0 bridgehead atoms. The molecule has 80 heavy (non-hydrogen) atoms. The molecule has 0 radical (unpaired) electrons. The second-order valence-electron chi connectivity index (χ2n) is 20.4. The van der Waals surface area contributed by atoms with E-state index in [-0.39, 0.29) is 0 Å². The predicted octanol–water partition coefficient (Wildman–Crippen LogP) is 20.7. The fraction of sp³-hybridized carbons (Fsp3) is 0. The molecule has 0 amide bonds. The van der Waals surface area contributed by atoms with Gasteiger partial charge in [-0.1, -0.05) is 212 Å². The molecular formula is C74H42N4S2. The Morgan fingerprint density at radius 2 is 0.700 bits per heavy atom. The van der Waals surface area contributed by atoms with Crippen molar-refractivity contribution in [1.29, 1.82) is 10.5 Å². The summed E-state index contributed by atoms with van der Waals surface area (Å²) in [7, 11) is 0. The largest absolute Gasteiger partial charge is 0.307 e. The van der Waals surface area contributed by atoms with E-state index in [0.717, 1.165) is 114 Å². The van der Waals surface area contributed by atoms with Crippen LogP contribution in [0.5, 0.6) is 0 Å². The van der Waals surface area contributed by atoms with Crippen LogP contribution in [0.2, 0.25) is 0 Å². The van der Waals surface area contributed by atoms with Gasteiger partial charge in [-0.25, -0.2) is 0 Å². The monoisotopic (exact) mass is 1050 g/mol. The van der Waals surface area contributed by atoms with Crippen molar-refractivity contribution < 1.29 is 0 Å². The van der Waals surface area contributed by atoms with Gasteiger partial charge in [0.2, 0.25) is 0 Å². The summed E-state index contributed by atoms with van der Waals surface area (Å²) in [6.07, 6.45) is 0. The number of rotatable bonds is 7. The average molecular weight is 1050 g/mol. The van der Waals surface area contributed by atoms with Crippen LogP contribution in [0.3, 0.4) is 0 Å². The number of hydrogen-bond donors (Lipinski definition) is 0. The summed E-state index contributed by atoms with van der Waals surface area (Å²) >= 11 is 3.60. The molecule has 0 saturated heterocycles. The van der Waals surface area contributed by atoms with Crippen molar-refractivity contribution >= 4 is 107 Å². The van der Waals surface area contributed by atoms with Crippen molar-refractivity contribution in [3.63, 3.8) is 0 Å². The predicted molar refractivity (Wildman–Crippen MR) is 338 cm³/mol. The second kappa shape index (κ2) is 18.1. The Bertz CT molecular complexity index is 5120. The summed E-state index contributed by atoms with van der Waals surface area (Å²) in [6.45, 7) is 0. The van der Waals surface area contributed by atoms with Gasteiger partial charge in [0.15, 0.2) is 0 Å². The average Bonchev–Trinajstić information content (AvgIpc) is 4.46. The maximum absolute atomic E-state index is 12.5. The van der Waals surface area contributed by atoms with Crippen LogP contribution in [0.1, 0.15) is 11.1 Å². The van der Waals surface area contributed by atoms with Gasteiger partial charge in [-0.15, -0.1) is 22.7 Å². The van der Waals surface area contributed by atoms with Crippen molar-refractivity contribution in [3.8, 4) is 79.1 Å². The van der Waals surface area contributed by atoms with Gasteiger partial charge in [0.25, 0.3) is 0 Å².